The fraction of sp³-hybridized carbons (Fsp3) is 1.00. The van der Waals surface area contributed by atoms with E-state index in [0.29, 0.717) is 11.5 Å². The van der Waals surface area contributed by atoms with Crippen molar-refractivity contribution in [3.8, 4) is 0 Å². The fourth-order valence-corrected chi connectivity index (χ4v) is 3.75. The number of hydrogen-bond acceptors (Lipinski definition) is 2. The SMILES string of the molecule is CCNC1C(N(C)C2CCC2)CCCC1(C)C. The normalized spacial score (nSPS) is 33.7. The molecule has 2 unspecified atom stereocenters. The van der Waals surface area contributed by atoms with Crippen molar-refractivity contribution in [2.75, 3.05) is 13.6 Å². The topological polar surface area (TPSA) is 15.3 Å². The lowest BCUT2D eigenvalue weighted by atomic mass is 9.69. The van der Waals surface area contributed by atoms with Gasteiger partial charge in [0, 0.05) is 18.1 Å². The molecule has 0 aliphatic heterocycles. The zero-order valence-corrected chi connectivity index (χ0v) is 12.1. The summed E-state index contributed by atoms with van der Waals surface area (Å²) in [5.41, 5.74) is 0.455. The Labute approximate surface area is 107 Å². The van der Waals surface area contributed by atoms with Crippen molar-refractivity contribution in [2.24, 2.45) is 5.41 Å². The third-order valence-electron chi connectivity index (χ3n) is 5.15. The lowest BCUT2D eigenvalue weighted by Gasteiger charge is -2.51. The summed E-state index contributed by atoms with van der Waals surface area (Å²) in [6.07, 6.45) is 8.44. The molecular weight excluding hydrogens is 208 g/mol. The summed E-state index contributed by atoms with van der Waals surface area (Å²) in [7, 11) is 2.36. The minimum absolute atomic E-state index is 0.455. The van der Waals surface area contributed by atoms with E-state index >= 15 is 0 Å². The summed E-state index contributed by atoms with van der Waals surface area (Å²) < 4.78 is 0. The number of hydrogen-bond donors (Lipinski definition) is 1. The Kier molecular flexibility index (Phi) is 4.14. The van der Waals surface area contributed by atoms with Gasteiger partial charge in [-0.05, 0) is 44.7 Å². The van der Waals surface area contributed by atoms with E-state index < -0.39 is 0 Å². The first-order valence-electron chi connectivity index (χ1n) is 7.51. The van der Waals surface area contributed by atoms with Crippen LogP contribution in [0.3, 0.4) is 0 Å². The van der Waals surface area contributed by atoms with Gasteiger partial charge in [0.1, 0.15) is 0 Å². The molecule has 2 nitrogen and oxygen atoms in total. The average molecular weight is 238 g/mol. The van der Waals surface area contributed by atoms with Crippen molar-refractivity contribution in [2.45, 2.75) is 77.4 Å². The highest BCUT2D eigenvalue weighted by molar-refractivity contribution is 4.99. The van der Waals surface area contributed by atoms with Crippen LogP contribution in [0.15, 0.2) is 0 Å². The molecule has 2 fully saturated rings. The lowest BCUT2D eigenvalue weighted by Crippen LogP contribution is -2.60. The fourth-order valence-electron chi connectivity index (χ4n) is 3.75. The van der Waals surface area contributed by atoms with E-state index in [4.69, 9.17) is 0 Å². The standard InChI is InChI=1S/C15H30N2/c1-5-16-14-13(10-7-11-15(14,2)3)17(4)12-8-6-9-12/h12-14,16H,5-11H2,1-4H3. The van der Waals surface area contributed by atoms with Crippen LogP contribution in [0, 0.1) is 5.41 Å². The Morgan fingerprint density at radius 3 is 2.41 bits per heavy atom. The van der Waals surface area contributed by atoms with Crippen LogP contribution >= 0.6 is 0 Å². The van der Waals surface area contributed by atoms with E-state index in [1.54, 1.807) is 0 Å². The monoisotopic (exact) mass is 238 g/mol. The van der Waals surface area contributed by atoms with E-state index in [1.807, 2.05) is 0 Å². The molecule has 0 spiro atoms. The first kappa shape index (κ1) is 13.4. The second-order valence-corrected chi connectivity index (χ2v) is 6.73. The lowest BCUT2D eigenvalue weighted by molar-refractivity contribution is 0.0190. The highest BCUT2D eigenvalue weighted by atomic mass is 15.2. The second-order valence-electron chi connectivity index (χ2n) is 6.73. The summed E-state index contributed by atoms with van der Waals surface area (Å²) >= 11 is 0. The molecular formula is C15H30N2. The van der Waals surface area contributed by atoms with Crippen LogP contribution in [0.4, 0.5) is 0 Å². The van der Waals surface area contributed by atoms with Crippen LogP contribution in [-0.4, -0.2) is 36.6 Å². The van der Waals surface area contributed by atoms with Crippen LogP contribution < -0.4 is 5.32 Å². The van der Waals surface area contributed by atoms with Crippen molar-refractivity contribution in [1.29, 1.82) is 0 Å². The minimum Gasteiger partial charge on any atom is -0.312 e. The van der Waals surface area contributed by atoms with Crippen molar-refractivity contribution < 1.29 is 0 Å². The van der Waals surface area contributed by atoms with Crippen LogP contribution in [0.2, 0.25) is 0 Å². The maximum absolute atomic E-state index is 3.77. The van der Waals surface area contributed by atoms with Gasteiger partial charge < -0.3 is 5.32 Å². The Morgan fingerprint density at radius 2 is 1.88 bits per heavy atom. The Bertz CT molecular complexity index is 245. The zero-order chi connectivity index (χ0) is 12.5. The largest absolute Gasteiger partial charge is 0.312 e. The molecule has 2 aliphatic carbocycles. The van der Waals surface area contributed by atoms with E-state index in [-0.39, 0.29) is 0 Å². The first-order valence-corrected chi connectivity index (χ1v) is 7.51. The molecule has 2 rings (SSSR count). The average Bonchev–Trinajstić information content (AvgIpc) is 2.18. The highest BCUT2D eigenvalue weighted by Gasteiger charge is 2.42. The molecule has 2 aliphatic rings. The smallest absolute Gasteiger partial charge is 0.0274 e. The van der Waals surface area contributed by atoms with Gasteiger partial charge in [-0.2, -0.15) is 0 Å². The summed E-state index contributed by atoms with van der Waals surface area (Å²) in [4.78, 5) is 2.69. The molecule has 0 aromatic carbocycles. The number of nitrogens with zero attached hydrogens (tertiary/aromatic N) is 1. The second kappa shape index (κ2) is 5.27. The number of nitrogens with one attached hydrogen (secondary N) is 1. The van der Waals surface area contributed by atoms with Gasteiger partial charge in [-0.1, -0.05) is 33.6 Å². The van der Waals surface area contributed by atoms with Gasteiger partial charge in [0.05, 0.1) is 0 Å². The molecule has 0 saturated heterocycles. The molecule has 0 amide bonds. The van der Waals surface area contributed by atoms with Gasteiger partial charge in [-0.15, -0.1) is 0 Å². The van der Waals surface area contributed by atoms with E-state index in [2.05, 4.69) is 38.0 Å². The van der Waals surface area contributed by atoms with Crippen molar-refractivity contribution in [3.05, 3.63) is 0 Å². The van der Waals surface area contributed by atoms with Gasteiger partial charge in [-0.25, -0.2) is 0 Å². The highest BCUT2D eigenvalue weighted by Crippen LogP contribution is 2.39. The van der Waals surface area contributed by atoms with Crippen molar-refractivity contribution in [3.63, 3.8) is 0 Å². The van der Waals surface area contributed by atoms with E-state index in [1.165, 1.54) is 38.5 Å². The molecule has 2 saturated carbocycles. The molecule has 2 atom stereocenters. The predicted octanol–water partition coefficient (Wildman–Crippen LogP) is 3.03. The molecule has 0 heterocycles. The molecule has 0 radical (unpaired) electrons. The number of likely N-dealkylation sites (N-methyl/N-ethyl adjacent to an activating group) is 2. The third kappa shape index (κ3) is 2.68. The maximum Gasteiger partial charge on any atom is 0.0274 e. The summed E-state index contributed by atoms with van der Waals surface area (Å²) in [5, 5.41) is 3.77. The van der Waals surface area contributed by atoms with Crippen molar-refractivity contribution in [1.82, 2.24) is 10.2 Å². The maximum atomic E-state index is 3.77. The van der Waals surface area contributed by atoms with Crippen LogP contribution in [-0.2, 0) is 0 Å². The third-order valence-corrected chi connectivity index (χ3v) is 5.15. The Morgan fingerprint density at radius 1 is 1.18 bits per heavy atom. The van der Waals surface area contributed by atoms with E-state index in [9.17, 15) is 0 Å². The molecule has 1 N–H and O–H groups in total. The molecule has 0 bridgehead atoms. The van der Waals surface area contributed by atoms with Gasteiger partial charge in [0.15, 0.2) is 0 Å². The molecule has 17 heavy (non-hydrogen) atoms. The van der Waals surface area contributed by atoms with Crippen LogP contribution in [0.25, 0.3) is 0 Å². The van der Waals surface area contributed by atoms with Gasteiger partial charge in [-0.3, -0.25) is 4.90 Å². The Balaban J connectivity index is 2.06. The molecule has 0 aromatic rings. The zero-order valence-electron chi connectivity index (χ0n) is 12.1. The van der Waals surface area contributed by atoms with Crippen LogP contribution in [0.1, 0.15) is 59.3 Å². The molecule has 2 heteroatoms. The minimum atomic E-state index is 0.455. The van der Waals surface area contributed by atoms with Gasteiger partial charge in [0.2, 0.25) is 0 Å². The first-order chi connectivity index (χ1) is 8.06. The van der Waals surface area contributed by atoms with E-state index in [0.717, 1.165) is 18.6 Å². The number of rotatable bonds is 4. The summed E-state index contributed by atoms with van der Waals surface area (Å²) in [6.45, 7) is 8.23. The summed E-state index contributed by atoms with van der Waals surface area (Å²) in [5.74, 6) is 0. The Hall–Kier alpha value is -0.0800. The quantitative estimate of drug-likeness (QED) is 0.810. The summed E-state index contributed by atoms with van der Waals surface area (Å²) in [6, 6.07) is 2.30. The molecule has 0 aromatic heterocycles. The van der Waals surface area contributed by atoms with Gasteiger partial charge >= 0.3 is 0 Å². The van der Waals surface area contributed by atoms with Crippen LogP contribution in [0.5, 0.6) is 0 Å². The van der Waals surface area contributed by atoms with Gasteiger partial charge in [0.25, 0.3) is 0 Å². The van der Waals surface area contributed by atoms with Crippen molar-refractivity contribution >= 4 is 0 Å². The molecule has 100 valence electrons. The predicted molar refractivity (Wildman–Crippen MR) is 74.3 cm³/mol.